The number of furan rings is 1. The number of aryl methyl sites for hydroxylation is 1. The van der Waals surface area contributed by atoms with E-state index in [0.29, 0.717) is 5.92 Å². The van der Waals surface area contributed by atoms with E-state index in [1.807, 2.05) is 60.8 Å². The number of nitrogens with zero attached hydrogens (tertiary/aromatic N) is 2. The fourth-order valence-electron chi connectivity index (χ4n) is 4.07. The van der Waals surface area contributed by atoms with Gasteiger partial charge in [-0.05, 0) is 35.5 Å². The third-order valence-electron chi connectivity index (χ3n) is 5.94. The van der Waals surface area contributed by atoms with E-state index in [4.69, 9.17) is 4.42 Å². The van der Waals surface area contributed by atoms with Crippen LogP contribution in [0.25, 0.3) is 44.5 Å². The van der Waals surface area contributed by atoms with Crippen molar-refractivity contribution in [2.45, 2.75) is 26.7 Å². The van der Waals surface area contributed by atoms with E-state index < -0.39 is 0 Å². The number of aromatic nitrogens is 2. The number of para-hydroxylation sites is 1. The van der Waals surface area contributed by atoms with E-state index in [1.165, 1.54) is 11.1 Å². The molecule has 1 radical (unpaired) electrons. The Hall–Kier alpha value is -3.59. The molecule has 0 aliphatic carbocycles. The minimum Gasteiger partial charge on any atom is -0.501 e. The number of benzene rings is 3. The Bertz CT molecular complexity index is 1590. The molecule has 0 saturated carbocycles. The number of pyridine rings is 2. The topological polar surface area (TPSA) is 38.9 Å². The molecule has 0 amide bonds. The van der Waals surface area contributed by atoms with Crippen molar-refractivity contribution in [3.8, 4) is 22.5 Å². The molecule has 6 rings (SSSR count). The molecule has 3 nitrogen and oxygen atoms in total. The zero-order chi connectivity index (χ0) is 24.2. The molecule has 3 heterocycles. The number of hydrogen-bond acceptors (Lipinski definition) is 3. The Kier molecular flexibility index (Phi) is 8.10. The molecule has 0 unspecified atom stereocenters. The fourth-order valence-corrected chi connectivity index (χ4v) is 4.07. The van der Waals surface area contributed by atoms with Gasteiger partial charge in [0.1, 0.15) is 5.58 Å². The second kappa shape index (κ2) is 11.4. The van der Waals surface area contributed by atoms with E-state index in [1.54, 1.807) is 6.20 Å². The van der Waals surface area contributed by atoms with E-state index >= 15 is 0 Å². The number of hydrogen-bond donors (Lipinski definition) is 0. The van der Waals surface area contributed by atoms with E-state index in [0.717, 1.165) is 44.5 Å². The van der Waals surface area contributed by atoms with Crippen molar-refractivity contribution in [3.05, 3.63) is 121 Å². The Morgan fingerprint density at radius 2 is 1.53 bits per heavy atom. The van der Waals surface area contributed by atoms with Crippen LogP contribution in [0.15, 0.2) is 102 Å². The molecule has 0 N–H and O–H groups in total. The Labute approximate surface area is 225 Å². The van der Waals surface area contributed by atoms with Gasteiger partial charge in [0.25, 0.3) is 0 Å². The first-order chi connectivity index (χ1) is 17.1. The molecule has 36 heavy (non-hydrogen) atoms. The average Bonchev–Trinajstić information content (AvgIpc) is 3.29. The molecule has 0 aliphatic rings. The third kappa shape index (κ3) is 5.46. The minimum atomic E-state index is 0. The summed E-state index contributed by atoms with van der Waals surface area (Å²) in [5.41, 5.74) is 8.14. The summed E-state index contributed by atoms with van der Waals surface area (Å²) in [6.07, 6.45) is 3.66. The quantitative estimate of drug-likeness (QED) is 0.181. The van der Waals surface area contributed by atoms with Gasteiger partial charge in [-0.25, -0.2) is 0 Å². The maximum atomic E-state index is 6.07. The third-order valence-corrected chi connectivity index (χ3v) is 5.94. The van der Waals surface area contributed by atoms with Crippen LogP contribution in [-0.2, 0) is 20.1 Å². The van der Waals surface area contributed by atoms with Crippen molar-refractivity contribution in [2.24, 2.45) is 0 Å². The largest absolute Gasteiger partial charge is 0.501 e. The summed E-state index contributed by atoms with van der Waals surface area (Å²) in [5, 5.41) is 2.24. The van der Waals surface area contributed by atoms with Crippen molar-refractivity contribution >= 4 is 21.9 Å². The molecule has 0 spiro atoms. The van der Waals surface area contributed by atoms with Gasteiger partial charge in [-0.3, -0.25) is 0 Å². The SMILES string of the molecule is CC(C)c1ccnc(-c2[c-]ccc3c2oc2ccccc23)c1.Cc1cc[c-]c(-c2ccccn2)c1.[Ir]. The molecule has 3 aromatic carbocycles. The van der Waals surface area contributed by atoms with Crippen LogP contribution in [0.2, 0.25) is 0 Å². The number of rotatable bonds is 3. The van der Waals surface area contributed by atoms with Gasteiger partial charge < -0.3 is 14.4 Å². The van der Waals surface area contributed by atoms with Crippen LogP contribution in [0.1, 0.15) is 30.9 Å². The second-order valence-corrected chi connectivity index (χ2v) is 8.82. The second-order valence-electron chi connectivity index (χ2n) is 8.82. The van der Waals surface area contributed by atoms with Crippen LogP contribution in [0.3, 0.4) is 0 Å². The van der Waals surface area contributed by atoms with Crippen molar-refractivity contribution in [3.63, 3.8) is 0 Å². The standard InChI is InChI=1S/C20H16NO.C12H10N.Ir/c1-13(2)14-10-11-21-18(12-14)17-8-5-7-16-15-6-3-4-9-19(15)22-20(16)17;1-10-5-4-6-11(9-10)12-7-2-3-8-13-12;/h3-7,9-13H,1-2H3;2-5,7-9H,1H3;/q2*-1;. The summed E-state index contributed by atoms with van der Waals surface area (Å²) in [6.45, 7) is 6.44. The molecule has 0 atom stereocenters. The maximum Gasteiger partial charge on any atom is 0.120 e. The molecular formula is C32H26IrN2O-2. The van der Waals surface area contributed by atoms with Gasteiger partial charge >= 0.3 is 0 Å². The summed E-state index contributed by atoms with van der Waals surface area (Å²) >= 11 is 0. The van der Waals surface area contributed by atoms with Gasteiger partial charge in [0.05, 0.1) is 5.58 Å². The van der Waals surface area contributed by atoms with Gasteiger partial charge in [-0.1, -0.05) is 73.7 Å². The van der Waals surface area contributed by atoms with Gasteiger partial charge in [0.2, 0.25) is 0 Å². The summed E-state index contributed by atoms with van der Waals surface area (Å²) in [4.78, 5) is 8.78. The van der Waals surface area contributed by atoms with Crippen LogP contribution in [0.4, 0.5) is 0 Å². The van der Waals surface area contributed by atoms with E-state index in [2.05, 4.69) is 73.2 Å². The van der Waals surface area contributed by atoms with Crippen LogP contribution in [0.5, 0.6) is 0 Å². The first-order valence-corrected chi connectivity index (χ1v) is 11.8. The number of fused-ring (bicyclic) bond motifs is 3. The Morgan fingerprint density at radius 1 is 0.750 bits per heavy atom. The van der Waals surface area contributed by atoms with E-state index in [-0.39, 0.29) is 20.1 Å². The van der Waals surface area contributed by atoms with Crippen molar-refractivity contribution < 1.29 is 24.5 Å². The zero-order valence-electron chi connectivity index (χ0n) is 20.5. The van der Waals surface area contributed by atoms with Gasteiger partial charge in [-0.15, -0.1) is 53.6 Å². The first-order valence-electron chi connectivity index (χ1n) is 11.8. The molecule has 0 fully saturated rings. The molecule has 0 aliphatic heterocycles. The predicted molar refractivity (Wildman–Crippen MR) is 143 cm³/mol. The molecule has 0 saturated heterocycles. The molecule has 181 valence electrons. The van der Waals surface area contributed by atoms with Crippen LogP contribution < -0.4 is 0 Å². The van der Waals surface area contributed by atoms with Crippen LogP contribution >= 0.6 is 0 Å². The molecule has 6 aromatic rings. The average molecular weight is 647 g/mol. The summed E-state index contributed by atoms with van der Waals surface area (Å²) in [5.74, 6) is 0.469. The first kappa shape index (κ1) is 25.5. The fraction of sp³-hybridized carbons (Fsp3) is 0.125. The summed E-state index contributed by atoms with van der Waals surface area (Å²) in [7, 11) is 0. The van der Waals surface area contributed by atoms with Crippen LogP contribution in [-0.4, -0.2) is 9.97 Å². The van der Waals surface area contributed by atoms with Crippen molar-refractivity contribution in [2.75, 3.05) is 0 Å². The van der Waals surface area contributed by atoms with E-state index in [9.17, 15) is 0 Å². The molecule has 3 aromatic heterocycles. The zero-order valence-corrected chi connectivity index (χ0v) is 22.8. The molecule has 0 bridgehead atoms. The van der Waals surface area contributed by atoms with Gasteiger partial charge in [-0.2, -0.15) is 0 Å². The van der Waals surface area contributed by atoms with Gasteiger partial charge in [0.15, 0.2) is 0 Å². The summed E-state index contributed by atoms with van der Waals surface area (Å²) < 4.78 is 6.07. The minimum absolute atomic E-state index is 0. The predicted octanol–water partition coefficient (Wildman–Crippen LogP) is 8.43. The normalized spacial score (nSPS) is 10.7. The monoisotopic (exact) mass is 647 g/mol. The van der Waals surface area contributed by atoms with Gasteiger partial charge in [0, 0.05) is 37.9 Å². The molecular weight excluding hydrogens is 621 g/mol. The maximum absolute atomic E-state index is 6.07. The molecule has 4 heteroatoms. The summed E-state index contributed by atoms with van der Waals surface area (Å²) in [6, 6.07) is 34.7. The van der Waals surface area contributed by atoms with Crippen LogP contribution in [0, 0.1) is 19.1 Å². The Balaban J connectivity index is 0.000000187. The smallest absolute Gasteiger partial charge is 0.120 e. The Morgan fingerprint density at radius 3 is 2.31 bits per heavy atom. The van der Waals surface area contributed by atoms with Crippen molar-refractivity contribution in [1.29, 1.82) is 0 Å². The van der Waals surface area contributed by atoms with Crippen molar-refractivity contribution in [1.82, 2.24) is 9.97 Å².